The Morgan fingerprint density at radius 2 is 1.53 bits per heavy atom. The van der Waals surface area contributed by atoms with Crippen LogP contribution in [0.25, 0.3) is 0 Å². The van der Waals surface area contributed by atoms with Gasteiger partial charge in [-0.15, -0.1) is 0 Å². The first-order valence-corrected chi connectivity index (χ1v) is 4.65. The van der Waals surface area contributed by atoms with Crippen molar-refractivity contribution in [3.63, 3.8) is 0 Å². The average molecular weight is 237 g/mol. The second-order valence-corrected chi connectivity index (χ2v) is 3.19. The number of nitrogens with one attached hydrogen (secondary N) is 2. The van der Waals surface area contributed by atoms with Crippen molar-refractivity contribution in [2.75, 3.05) is 10.6 Å². The van der Waals surface area contributed by atoms with Gasteiger partial charge >= 0.3 is 12.0 Å². The van der Waals surface area contributed by atoms with Gasteiger partial charge in [0.15, 0.2) is 0 Å². The van der Waals surface area contributed by atoms with Crippen molar-refractivity contribution in [1.82, 2.24) is 0 Å². The number of rotatable bonds is 4. The fourth-order valence-electron chi connectivity index (χ4n) is 1.12. The molecule has 0 aliphatic carbocycles. The number of benzene rings is 1. The molecule has 1 rings (SSSR count). The Kier molecular flexibility index (Phi) is 4.04. The monoisotopic (exact) mass is 237 g/mol. The standard InChI is InChI=1S/C10H11N3O4/c11-10(17)13-7-3-1-6(2-4-7)12-8(14)5-9(15)16/h1-4H,5H2,(H,12,14)(H,15,16)(H3,11,13,17). The van der Waals surface area contributed by atoms with Crippen LogP contribution in [0.3, 0.4) is 0 Å². The number of carboxylic acid groups (broad SMARTS) is 1. The predicted molar refractivity (Wildman–Crippen MR) is 60.5 cm³/mol. The van der Waals surface area contributed by atoms with Crippen molar-refractivity contribution in [3.05, 3.63) is 24.3 Å². The summed E-state index contributed by atoms with van der Waals surface area (Å²) in [6.45, 7) is 0. The van der Waals surface area contributed by atoms with Gasteiger partial charge < -0.3 is 21.5 Å². The highest BCUT2D eigenvalue weighted by Gasteiger charge is 2.07. The first-order chi connectivity index (χ1) is 7.97. The summed E-state index contributed by atoms with van der Waals surface area (Å²) in [7, 11) is 0. The summed E-state index contributed by atoms with van der Waals surface area (Å²) >= 11 is 0. The smallest absolute Gasteiger partial charge is 0.316 e. The molecule has 0 bridgehead atoms. The summed E-state index contributed by atoms with van der Waals surface area (Å²) in [6, 6.07) is 5.41. The molecular formula is C10H11N3O4. The van der Waals surface area contributed by atoms with E-state index in [9.17, 15) is 14.4 Å². The largest absolute Gasteiger partial charge is 0.481 e. The number of amides is 3. The van der Waals surface area contributed by atoms with Gasteiger partial charge in [0.2, 0.25) is 5.91 Å². The maximum absolute atomic E-state index is 11.1. The van der Waals surface area contributed by atoms with E-state index in [2.05, 4.69) is 10.6 Å². The Bertz CT molecular complexity index is 441. The quantitative estimate of drug-likeness (QED) is 0.572. The van der Waals surface area contributed by atoms with E-state index in [1.54, 1.807) is 0 Å². The molecule has 7 nitrogen and oxygen atoms in total. The fourth-order valence-corrected chi connectivity index (χ4v) is 1.12. The Hall–Kier alpha value is -2.57. The maximum atomic E-state index is 11.1. The minimum Gasteiger partial charge on any atom is -0.481 e. The van der Waals surface area contributed by atoms with Crippen LogP contribution in [0.4, 0.5) is 16.2 Å². The maximum Gasteiger partial charge on any atom is 0.316 e. The van der Waals surface area contributed by atoms with E-state index in [0.29, 0.717) is 11.4 Å². The normalized spacial score (nSPS) is 9.41. The molecule has 0 unspecified atom stereocenters. The van der Waals surface area contributed by atoms with Gasteiger partial charge in [-0.2, -0.15) is 0 Å². The van der Waals surface area contributed by atoms with Crippen LogP contribution in [0.1, 0.15) is 6.42 Å². The first kappa shape index (κ1) is 12.5. The highest BCUT2D eigenvalue weighted by molar-refractivity contribution is 6.01. The molecule has 0 atom stereocenters. The number of carbonyl (C=O) groups is 3. The Balaban J connectivity index is 2.59. The van der Waals surface area contributed by atoms with Crippen molar-refractivity contribution in [2.45, 2.75) is 6.42 Å². The molecule has 17 heavy (non-hydrogen) atoms. The molecule has 90 valence electrons. The Morgan fingerprint density at radius 1 is 1.06 bits per heavy atom. The van der Waals surface area contributed by atoms with Crippen LogP contribution in [0.15, 0.2) is 24.3 Å². The number of anilines is 2. The molecule has 0 spiro atoms. The number of carboxylic acids is 1. The van der Waals surface area contributed by atoms with Gasteiger partial charge in [-0.1, -0.05) is 0 Å². The lowest BCUT2D eigenvalue weighted by Gasteiger charge is -2.05. The third-order valence-corrected chi connectivity index (χ3v) is 1.75. The summed E-state index contributed by atoms with van der Waals surface area (Å²) in [4.78, 5) is 31.9. The molecule has 5 N–H and O–H groups in total. The summed E-state index contributed by atoms with van der Waals surface area (Å²) < 4.78 is 0. The van der Waals surface area contributed by atoms with Crippen LogP contribution >= 0.6 is 0 Å². The average Bonchev–Trinajstić information content (AvgIpc) is 2.18. The summed E-state index contributed by atoms with van der Waals surface area (Å²) in [5.41, 5.74) is 5.83. The zero-order valence-electron chi connectivity index (χ0n) is 8.77. The number of urea groups is 1. The van der Waals surface area contributed by atoms with E-state index >= 15 is 0 Å². The zero-order chi connectivity index (χ0) is 12.8. The molecule has 0 heterocycles. The van der Waals surface area contributed by atoms with Gasteiger partial charge in [-0.3, -0.25) is 9.59 Å². The van der Waals surface area contributed by atoms with E-state index < -0.39 is 24.3 Å². The molecule has 0 aromatic heterocycles. The fraction of sp³-hybridized carbons (Fsp3) is 0.100. The lowest BCUT2D eigenvalue weighted by Crippen LogP contribution is -2.19. The van der Waals surface area contributed by atoms with Gasteiger partial charge in [0.25, 0.3) is 0 Å². The van der Waals surface area contributed by atoms with Crippen molar-refractivity contribution in [3.8, 4) is 0 Å². The molecular weight excluding hydrogens is 226 g/mol. The van der Waals surface area contributed by atoms with Gasteiger partial charge in [0, 0.05) is 11.4 Å². The molecule has 3 amide bonds. The molecule has 0 saturated carbocycles. The van der Waals surface area contributed by atoms with Crippen LogP contribution in [-0.2, 0) is 9.59 Å². The number of nitrogens with two attached hydrogens (primary N) is 1. The lowest BCUT2D eigenvalue weighted by atomic mass is 10.2. The molecule has 1 aromatic carbocycles. The number of hydrogen-bond donors (Lipinski definition) is 4. The van der Waals surface area contributed by atoms with Crippen LogP contribution in [0.5, 0.6) is 0 Å². The SMILES string of the molecule is NC(=O)Nc1ccc(NC(=O)CC(=O)O)cc1. The highest BCUT2D eigenvalue weighted by Crippen LogP contribution is 2.13. The molecule has 0 aliphatic heterocycles. The van der Waals surface area contributed by atoms with Gasteiger partial charge in [0.05, 0.1) is 0 Å². The number of hydrogen-bond acceptors (Lipinski definition) is 3. The van der Waals surface area contributed by atoms with Crippen molar-refractivity contribution in [2.24, 2.45) is 5.73 Å². The third kappa shape index (κ3) is 4.65. The van der Waals surface area contributed by atoms with E-state index in [0.717, 1.165) is 0 Å². The third-order valence-electron chi connectivity index (χ3n) is 1.75. The highest BCUT2D eigenvalue weighted by atomic mass is 16.4. The van der Waals surface area contributed by atoms with Gasteiger partial charge in [-0.05, 0) is 24.3 Å². The first-order valence-electron chi connectivity index (χ1n) is 4.65. The summed E-state index contributed by atoms with van der Waals surface area (Å²) in [5, 5.41) is 13.1. The van der Waals surface area contributed by atoms with Gasteiger partial charge in [-0.25, -0.2) is 4.79 Å². The number of carbonyl (C=O) groups excluding carboxylic acids is 2. The second kappa shape index (κ2) is 5.50. The number of primary amides is 1. The molecule has 0 radical (unpaired) electrons. The van der Waals surface area contributed by atoms with E-state index in [4.69, 9.17) is 10.8 Å². The molecule has 7 heteroatoms. The van der Waals surface area contributed by atoms with Gasteiger partial charge in [0.1, 0.15) is 6.42 Å². The minimum absolute atomic E-state index is 0.436. The summed E-state index contributed by atoms with van der Waals surface area (Å²) in [5.74, 6) is -1.82. The van der Waals surface area contributed by atoms with E-state index in [1.165, 1.54) is 24.3 Å². The van der Waals surface area contributed by atoms with E-state index in [-0.39, 0.29) is 0 Å². The van der Waals surface area contributed by atoms with Crippen LogP contribution in [0, 0.1) is 0 Å². The predicted octanol–water partition coefficient (Wildman–Crippen LogP) is 0.590. The van der Waals surface area contributed by atoms with Crippen molar-refractivity contribution < 1.29 is 19.5 Å². The zero-order valence-corrected chi connectivity index (χ0v) is 8.77. The van der Waals surface area contributed by atoms with Crippen LogP contribution < -0.4 is 16.4 Å². The Labute approximate surface area is 96.6 Å². The minimum atomic E-state index is -1.20. The Morgan fingerprint density at radius 3 is 1.94 bits per heavy atom. The summed E-state index contributed by atoms with van der Waals surface area (Å²) in [6.07, 6.45) is -0.596. The molecule has 1 aromatic rings. The second-order valence-electron chi connectivity index (χ2n) is 3.19. The van der Waals surface area contributed by atoms with Crippen LogP contribution in [-0.4, -0.2) is 23.0 Å². The molecule has 0 aliphatic rings. The topological polar surface area (TPSA) is 122 Å². The number of aliphatic carboxylic acids is 1. The van der Waals surface area contributed by atoms with Crippen molar-refractivity contribution >= 4 is 29.3 Å². The van der Waals surface area contributed by atoms with Crippen molar-refractivity contribution in [1.29, 1.82) is 0 Å². The lowest BCUT2D eigenvalue weighted by molar-refractivity contribution is -0.139. The van der Waals surface area contributed by atoms with E-state index in [1.807, 2.05) is 0 Å². The molecule has 0 saturated heterocycles. The molecule has 0 fully saturated rings. The van der Waals surface area contributed by atoms with Crippen LogP contribution in [0.2, 0.25) is 0 Å².